The van der Waals surface area contributed by atoms with E-state index in [1.54, 1.807) is 22.2 Å². The minimum Gasteiger partial charge on any atom is -0.301 e. The van der Waals surface area contributed by atoms with Gasteiger partial charge in [0.25, 0.3) is 5.56 Å². The van der Waals surface area contributed by atoms with Crippen LogP contribution >= 0.6 is 22.9 Å². The third-order valence-electron chi connectivity index (χ3n) is 6.62. The number of thiophene rings is 1. The summed E-state index contributed by atoms with van der Waals surface area (Å²) in [5.41, 5.74) is 2.34. The summed E-state index contributed by atoms with van der Waals surface area (Å²) in [5, 5.41) is 1.53. The van der Waals surface area contributed by atoms with E-state index in [1.165, 1.54) is 23.5 Å². The van der Waals surface area contributed by atoms with E-state index in [-0.39, 0.29) is 5.56 Å². The highest BCUT2D eigenvalue weighted by atomic mass is 35.5. The lowest BCUT2D eigenvalue weighted by molar-refractivity contribution is 0.0932. The molecule has 1 saturated heterocycles. The third-order valence-corrected chi connectivity index (χ3v) is 8.02. The van der Waals surface area contributed by atoms with Crippen LogP contribution in [0.2, 0.25) is 5.02 Å². The summed E-state index contributed by atoms with van der Waals surface area (Å²) in [6.45, 7) is 8.53. The second kappa shape index (κ2) is 8.42. The van der Waals surface area contributed by atoms with Crippen LogP contribution in [-0.4, -0.2) is 58.1 Å². The number of benzene rings is 1. The number of hydrogen-bond donors (Lipinski definition) is 0. The maximum absolute atomic E-state index is 13.3. The Morgan fingerprint density at radius 3 is 2.83 bits per heavy atom. The summed E-state index contributed by atoms with van der Waals surface area (Å²) in [4.78, 5) is 25.4. The molecule has 0 amide bonds. The van der Waals surface area contributed by atoms with Crippen molar-refractivity contribution in [2.24, 2.45) is 0 Å². The monoisotopic (exact) mass is 442 g/mol. The molecular weight excluding hydrogens is 416 g/mol. The number of halogens is 1. The molecule has 2 aromatic heterocycles. The van der Waals surface area contributed by atoms with Crippen molar-refractivity contribution >= 4 is 33.2 Å². The highest BCUT2D eigenvalue weighted by molar-refractivity contribution is 7.18. The first-order valence-electron chi connectivity index (χ1n) is 10.8. The summed E-state index contributed by atoms with van der Waals surface area (Å²) in [6, 6.07) is 8.27. The molecule has 30 heavy (non-hydrogen) atoms. The first-order chi connectivity index (χ1) is 14.6. The zero-order valence-electron chi connectivity index (χ0n) is 17.3. The fourth-order valence-electron chi connectivity index (χ4n) is 4.88. The fraction of sp³-hybridized carbons (Fsp3) is 0.478. The van der Waals surface area contributed by atoms with E-state index in [2.05, 4.69) is 21.7 Å². The number of rotatable bonds is 4. The third kappa shape index (κ3) is 3.82. The highest BCUT2D eigenvalue weighted by Gasteiger charge is 2.30. The van der Waals surface area contributed by atoms with E-state index in [4.69, 9.17) is 11.6 Å². The molecule has 1 atom stereocenters. The molecule has 0 radical (unpaired) electrons. The minimum absolute atomic E-state index is 0.0764. The molecule has 7 heteroatoms. The van der Waals surface area contributed by atoms with Crippen molar-refractivity contribution in [2.75, 3.05) is 32.7 Å². The Balaban J connectivity index is 1.40. The molecule has 158 valence electrons. The van der Waals surface area contributed by atoms with Crippen LogP contribution in [0.1, 0.15) is 29.3 Å². The molecule has 1 aliphatic heterocycles. The summed E-state index contributed by atoms with van der Waals surface area (Å²) in [5.74, 6) is 0. The lowest BCUT2D eigenvalue weighted by Crippen LogP contribution is -2.51. The average Bonchev–Trinajstić information content (AvgIpc) is 3.14. The van der Waals surface area contributed by atoms with Gasteiger partial charge in [-0.15, -0.1) is 11.3 Å². The van der Waals surface area contributed by atoms with Crippen LogP contribution in [0.5, 0.6) is 0 Å². The van der Waals surface area contributed by atoms with Gasteiger partial charge in [-0.25, -0.2) is 4.98 Å². The molecule has 1 fully saturated rings. The van der Waals surface area contributed by atoms with E-state index >= 15 is 0 Å². The predicted octanol–water partition coefficient (Wildman–Crippen LogP) is 3.65. The number of likely N-dealkylation sites (N-methyl/N-ethyl adjacent to an activating group) is 1. The first kappa shape index (κ1) is 20.2. The first-order valence-corrected chi connectivity index (χ1v) is 12.0. The van der Waals surface area contributed by atoms with Crippen LogP contribution in [0, 0.1) is 0 Å². The van der Waals surface area contributed by atoms with Gasteiger partial charge in [0.05, 0.1) is 18.3 Å². The van der Waals surface area contributed by atoms with Crippen molar-refractivity contribution < 1.29 is 0 Å². The van der Waals surface area contributed by atoms with Crippen LogP contribution in [0.25, 0.3) is 10.2 Å². The molecule has 0 bridgehead atoms. The van der Waals surface area contributed by atoms with Gasteiger partial charge < -0.3 is 4.90 Å². The van der Waals surface area contributed by atoms with Gasteiger partial charge in [0.1, 0.15) is 4.83 Å². The normalized spacial score (nSPS) is 20.5. The fourth-order valence-corrected chi connectivity index (χ4v) is 6.35. The summed E-state index contributed by atoms with van der Waals surface area (Å²) < 4.78 is 1.72. The van der Waals surface area contributed by atoms with Crippen LogP contribution in [0.4, 0.5) is 0 Å². The zero-order valence-corrected chi connectivity index (χ0v) is 18.9. The Morgan fingerprint density at radius 2 is 2.07 bits per heavy atom. The SMILES string of the molecule is CCN1CCN(C2CCc3c(sc4ncn(Cc5cccc(Cl)c5)c(=O)c34)C2)CC1. The maximum atomic E-state index is 13.3. The Hall–Kier alpha value is -1.73. The molecule has 0 N–H and O–H groups in total. The number of aryl methyl sites for hydroxylation is 1. The van der Waals surface area contributed by atoms with Gasteiger partial charge in [0, 0.05) is 42.1 Å². The average molecular weight is 443 g/mol. The van der Waals surface area contributed by atoms with Crippen molar-refractivity contribution in [3.8, 4) is 0 Å². The predicted molar refractivity (Wildman–Crippen MR) is 124 cm³/mol. The standard InChI is InChI=1S/C23H27ClN4OS/c1-2-26-8-10-27(11-9-26)18-6-7-19-20(13-18)30-22-21(19)23(29)28(15-25-22)14-16-4-3-5-17(24)12-16/h3-5,12,15,18H,2,6-11,13-14H2,1H3. The highest BCUT2D eigenvalue weighted by Crippen LogP contribution is 2.35. The molecule has 5 rings (SSSR count). The number of hydrogen-bond acceptors (Lipinski definition) is 5. The zero-order chi connectivity index (χ0) is 20.7. The second-order valence-corrected chi connectivity index (χ2v) is 9.88. The topological polar surface area (TPSA) is 41.4 Å². The number of aromatic nitrogens is 2. The van der Waals surface area contributed by atoms with E-state index in [0.717, 1.165) is 54.7 Å². The van der Waals surface area contributed by atoms with Crippen LogP contribution in [-0.2, 0) is 19.4 Å². The molecule has 1 aliphatic carbocycles. The Labute approximate surface area is 185 Å². The van der Waals surface area contributed by atoms with Gasteiger partial charge in [0.2, 0.25) is 0 Å². The summed E-state index contributed by atoms with van der Waals surface area (Å²) in [7, 11) is 0. The number of fused-ring (bicyclic) bond motifs is 3. The van der Waals surface area contributed by atoms with Crippen LogP contribution in [0.3, 0.4) is 0 Å². The molecule has 3 heterocycles. The maximum Gasteiger partial charge on any atom is 0.262 e. The van der Waals surface area contributed by atoms with Gasteiger partial charge in [-0.2, -0.15) is 0 Å². The van der Waals surface area contributed by atoms with Crippen LogP contribution in [0.15, 0.2) is 35.4 Å². The molecule has 2 aliphatic rings. The molecule has 3 aromatic rings. The largest absolute Gasteiger partial charge is 0.301 e. The Kier molecular flexibility index (Phi) is 5.67. The quantitative estimate of drug-likeness (QED) is 0.618. The van der Waals surface area contributed by atoms with Gasteiger partial charge in [-0.3, -0.25) is 14.3 Å². The van der Waals surface area contributed by atoms with Crippen molar-refractivity contribution in [1.29, 1.82) is 0 Å². The molecule has 1 aromatic carbocycles. The lowest BCUT2D eigenvalue weighted by atomic mass is 9.91. The van der Waals surface area contributed by atoms with Crippen molar-refractivity contribution in [1.82, 2.24) is 19.4 Å². The minimum atomic E-state index is 0.0764. The Bertz CT molecular complexity index is 1120. The van der Waals surface area contributed by atoms with Crippen molar-refractivity contribution in [2.45, 2.75) is 38.8 Å². The summed E-state index contributed by atoms with van der Waals surface area (Å²) in [6.07, 6.45) is 4.85. The van der Waals surface area contributed by atoms with Gasteiger partial charge in [0.15, 0.2) is 0 Å². The van der Waals surface area contributed by atoms with Crippen molar-refractivity contribution in [3.63, 3.8) is 0 Å². The molecule has 5 nitrogen and oxygen atoms in total. The lowest BCUT2D eigenvalue weighted by Gasteiger charge is -2.40. The van der Waals surface area contributed by atoms with Gasteiger partial charge in [-0.05, 0) is 49.1 Å². The van der Waals surface area contributed by atoms with Crippen LogP contribution < -0.4 is 5.56 Å². The smallest absolute Gasteiger partial charge is 0.262 e. The van der Waals surface area contributed by atoms with E-state index < -0.39 is 0 Å². The second-order valence-electron chi connectivity index (χ2n) is 8.36. The molecule has 0 saturated carbocycles. The van der Waals surface area contributed by atoms with E-state index in [9.17, 15) is 4.79 Å². The number of piperazine rings is 1. The van der Waals surface area contributed by atoms with E-state index in [0.29, 0.717) is 17.6 Å². The molecule has 0 spiro atoms. The molecular formula is C23H27ClN4OS. The summed E-state index contributed by atoms with van der Waals surface area (Å²) >= 11 is 7.83. The number of nitrogens with zero attached hydrogens (tertiary/aromatic N) is 4. The van der Waals surface area contributed by atoms with Gasteiger partial charge >= 0.3 is 0 Å². The van der Waals surface area contributed by atoms with Gasteiger partial charge in [-0.1, -0.05) is 30.7 Å². The Morgan fingerprint density at radius 1 is 1.23 bits per heavy atom. The van der Waals surface area contributed by atoms with E-state index in [1.807, 2.05) is 24.3 Å². The van der Waals surface area contributed by atoms with Crippen molar-refractivity contribution in [3.05, 3.63) is 62.0 Å². The molecule has 1 unspecified atom stereocenters.